The van der Waals surface area contributed by atoms with E-state index in [4.69, 9.17) is 4.74 Å². The van der Waals surface area contributed by atoms with E-state index in [0.29, 0.717) is 0 Å². The van der Waals surface area contributed by atoms with Gasteiger partial charge in [-0.25, -0.2) is 5.43 Å². The smallest absolute Gasteiger partial charge is 0.277 e. The number of para-hydroxylation sites is 1. The highest BCUT2D eigenvalue weighted by atomic mass is 16.5. The first-order valence-electron chi connectivity index (χ1n) is 8.59. The Morgan fingerprint density at radius 1 is 1.12 bits per heavy atom. The zero-order chi connectivity index (χ0) is 19.2. The molecule has 2 aromatic rings. The molecule has 2 rings (SSSR count). The van der Waals surface area contributed by atoms with E-state index in [1.807, 2.05) is 67.5 Å². The molecule has 2 aromatic carbocycles. The molecule has 0 saturated carbocycles. The number of benzene rings is 2. The predicted octanol–water partition coefficient (Wildman–Crippen LogP) is 3.58. The second kappa shape index (κ2) is 8.52. The monoisotopic (exact) mass is 353 g/mol. The van der Waals surface area contributed by atoms with Gasteiger partial charge in [-0.3, -0.25) is 4.79 Å². The summed E-state index contributed by atoms with van der Waals surface area (Å²) in [6.07, 6.45) is 1.61. The first-order chi connectivity index (χ1) is 12.3. The van der Waals surface area contributed by atoms with Gasteiger partial charge < -0.3 is 9.64 Å². The standard InChI is InChI=1S/C21H27N3O2/c1-21(2,3)18-8-6-7-9-19(18)26-15-20(25)23-22-14-16-10-12-17(13-11-16)24(4)5/h6-14H,15H2,1-5H3,(H,23,25)/b22-14+. The molecule has 26 heavy (non-hydrogen) atoms. The topological polar surface area (TPSA) is 53.9 Å². The highest BCUT2D eigenvalue weighted by molar-refractivity contribution is 5.83. The number of hydrazone groups is 1. The van der Waals surface area contributed by atoms with Gasteiger partial charge in [-0.2, -0.15) is 5.10 Å². The van der Waals surface area contributed by atoms with Crippen molar-refractivity contribution in [2.45, 2.75) is 26.2 Å². The van der Waals surface area contributed by atoms with Crippen LogP contribution in [0.25, 0.3) is 0 Å². The van der Waals surface area contributed by atoms with Gasteiger partial charge in [0, 0.05) is 19.8 Å². The van der Waals surface area contributed by atoms with Crippen LogP contribution in [0.15, 0.2) is 53.6 Å². The molecule has 0 aliphatic rings. The van der Waals surface area contributed by atoms with E-state index in [-0.39, 0.29) is 17.9 Å². The van der Waals surface area contributed by atoms with E-state index in [1.165, 1.54) is 0 Å². The van der Waals surface area contributed by atoms with Crippen molar-refractivity contribution < 1.29 is 9.53 Å². The van der Waals surface area contributed by atoms with Crippen LogP contribution in [-0.2, 0) is 10.2 Å². The Morgan fingerprint density at radius 2 is 1.77 bits per heavy atom. The van der Waals surface area contributed by atoms with Crippen LogP contribution >= 0.6 is 0 Å². The van der Waals surface area contributed by atoms with Crippen molar-refractivity contribution in [3.05, 3.63) is 59.7 Å². The highest BCUT2D eigenvalue weighted by Crippen LogP contribution is 2.30. The molecule has 0 fully saturated rings. The van der Waals surface area contributed by atoms with Gasteiger partial charge in [0.2, 0.25) is 0 Å². The number of hydrogen-bond donors (Lipinski definition) is 1. The van der Waals surface area contributed by atoms with Gasteiger partial charge in [0.05, 0.1) is 6.21 Å². The summed E-state index contributed by atoms with van der Waals surface area (Å²) in [5.41, 5.74) is 5.53. The largest absolute Gasteiger partial charge is 0.483 e. The first-order valence-corrected chi connectivity index (χ1v) is 8.59. The highest BCUT2D eigenvalue weighted by Gasteiger charge is 2.18. The third-order valence-corrected chi connectivity index (χ3v) is 3.87. The first kappa shape index (κ1) is 19.5. The SMILES string of the molecule is CN(C)c1ccc(/C=N/NC(=O)COc2ccccc2C(C)(C)C)cc1. The van der Waals surface area contributed by atoms with E-state index < -0.39 is 0 Å². The molecular weight excluding hydrogens is 326 g/mol. The summed E-state index contributed by atoms with van der Waals surface area (Å²) >= 11 is 0. The molecule has 1 amide bonds. The van der Waals surface area contributed by atoms with E-state index in [2.05, 4.69) is 31.3 Å². The fourth-order valence-electron chi connectivity index (χ4n) is 2.43. The van der Waals surface area contributed by atoms with E-state index in [0.717, 1.165) is 22.6 Å². The van der Waals surface area contributed by atoms with Gasteiger partial charge in [0.15, 0.2) is 6.61 Å². The quantitative estimate of drug-likeness (QED) is 0.638. The number of nitrogens with one attached hydrogen (secondary N) is 1. The minimum atomic E-state index is -0.296. The lowest BCUT2D eigenvalue weighted by atomic mass is 9.86. The van der Waals surface area contributed by atoms with Crippen LogP contribution in [0.2, 0.25) is 0 Å². The molecule has 0 aliphatic carbocycles. The van der Waals surface area contributed by atoms with Gasteiger partial charge in [-0.1, -0.05) is 51.1 Å². The van der Waals surface area contributed by atoms with Crippen LogP contribution in [0.1, 0.15) is 31.9 Å². The Balaban J connectivity index is 1.88. The van der Waals surface area contributed by atoms with Gasteiger partial charge in [-0.05, 0) is 34.7 Å². The molecular formula is C21H27N3O2. The van der Waals surface area contributed by atoms with Gasteiger partial charge in [-0.15, -0.1) is 0 Å². The maximum atomic E-state index is 12.0. The maximum absolute atomic E-state index is 12.0. The van der Waals surface area contributed by atoms with Crippen LogP contribution in [0.3, 0.4) is 0 Å². The fourth-order valence-corrected chi connectivity index (χ4v) is 2.43. The molecule has 5 heteroatoms. The van der Waals surface area contributed by atoms with Gasteiger partial charge in [0.25, 0.3) is 5.91 Å². The third kappa shape index (κ3) is 5.62. The molecule has 0 unspecified atom stereocenters. The summed E-state index contributed by atoms with van der Waals surface area (Å²) in [5, 5.41) is 3.98. The van der Waals surface area contributed by atoms with Crippen LogP contribution < -0.4 is 15.1 Å². The summed E-state index contributed by atoms with van der Waals surface area (Å²) in [5.74, 6) is 0.424. The van der Waals surface area contributed by atoms with Gasteiger partial charge in [0.1, 0.15) is 5.75 Å². The average Bonchev–Trinajstić information content (AvgIpc) is 2.60. The Labute approximate surface area is 155 Å². The van der Waals surface area contributed by atoms with E-state index >= 15 is 0 Å². The molecule has 0 saturated heterocycles. The summed E-state index contributed by atoms with van der Waals surface area (Å²) < 4.78 is 5.68. The second-order valence-electron chi connectivity index (χ2n) is 7.31. The Hall–Kier alpha value is -2.82. The average molecular weight is 353 g/mol. The van der Waals surface area contributed by atoms with E-state index in [9.17, 15) is 4.79 Å². The minimum absolute atomic E-state index is 0.0516. The molecule has 5 nitrogen and oxygen atoms in total. The molecule has 0 bridgehead atoms. The molecule has 0 aliphatic heterocycles. The Bertz CT molecular complexity index is 760. The lowest BCUT2D eigenvalue weighted by Crippen LogP contribution is -2.25. The number of rotatable bonds is 6. The molecule has 0 spiro atoms. The zero-order valence-corrected chi connectivity index (χ0v) is 16.1. The zero-order valence-electron chi connectivity index (χ0n) is 16.1. The number of hydrogen-bond acceptors (Lipinski definition) is 4. The predicted molar refractivity (Wildman–Crippen MR) is 107 cm³/mol. The van der Waals surface area contributed by atoms with Crippen molar-refractivity contribution in [3.63, 3.8) is 0 Å². The van der Waals surface area contributed by atoms with Crippen LogP contribution in [-0.4, -0.2) is 32.8 Å². The van der Waals surface area contributed by atoms with Crippen LogP contribution in [0.5, 0.6) is 5.75 Å². The molecule has 138 valence electrons. The van der Waals surface area contributed by atoms with Crippen molar-refractivity contribution in [2.75, 3.05) is 25.6 Å². The summed E-state index contributed by atoms with van der Waals surface area (Å²) in [6, 6.07) is 15.6. The van der Waals surface area contributed by atoms with E-state index in [1.54, 1.807) is 6.21 Å². The number of carbonyl (C=O) groups excluding carboxylic acids is 1. The number of ether oxygens (including phenoxy) is 1. The number of anilines is 1. The molecule has 0 heterocycles. The number of carbonyl (C=O) groups is 1. The third-order valence-electron chi connectivity index (χ3n) is 3.87. The van der Waals surface area contributed by atoms with Gasteiger partial charge >= 0.3 is 0 Å². The molecule has 1 N–H and O–H groups in total. The van der Waals surface area contributed by atoms with Crippen molar-refractivity contribution in [2.24, 2.45) is 5.10 Å². The molecule has 0 radical (unpaired) electrons. The lowest BCUT2D eigenvalue weighted by molar-refractivity contribution is -0.123. The van der Waals surface area contributed by atoms with Crippen LogP contribution in [0.4, 0.5) is 5.69 Å². The maximum Gasteiger partial charge on any atom is 0.277 e. The summed E-state index contributed by atoms with van der Waals surface area (Å²) in [4.78, 5) is 14.0. The molecule has 0 aromatic heterocycles. The Morgan fingerprint density at radius 3 is 2.38 bits per heavy atom. The van der Waals surface area contributed by atoms with Crippen molar-refractivity contribution in [1.29, 1.82) is 0 Å². The summed E-state index contributed by atoms with van der Waals surface area (Å²) in [7, 11) is 3.97. The lowest BCUT2D eigenvalue weighted by Gasteiger charge is -2.22. The Kier molecular flexibility index (Phi) is 6.39. The number of nitrogens with zero attached hydrogens (tertiary/aromatic N) is 2. The van der Waals surface area contributed by atoms with Crippen molar-refractivity contribution in [3.8, 4) is 5.75 Å². The molecule has 0 atom stereocenters. The normalized spacial score (nSPS) is 11.4. The minimum Gasteiger partial charge on any atom is -0.483 e. The number of amides is 1. The summed E-state index contributed by atoms with van der Waals surface area (Å²) in [6.45, 7) is 6.26. The van der Waals surface area contributed by atoms with Crippen molar-refractivity contribution in [1.82, 2.24) is 5.43 Å². The fraction of sp³-hybridized carbons (Fsp3) is 0.333. The van der Waals surface area contributed by atoms with Crippen LogP contribution in [0, 0.1) is 0 Å². The van der Waals surface area contributed by atoms with Crippen molar-refractivity contribution >= 4 is 17.8 Å². The second-order valence-corrected chi connectivity index (χ2v) is 7.31.